The third kappa shape index (κ3) is 2.07. The van der Waals surface area contributed by atoms with Crippen molar-refractivity contribution in [2.24, 2.45) is 5.73 Å². The number of carbonyl (C=O) groups is 1. The van der Waals surface area contributed by atoms with Gasteiger partial charge in [0.25, 0.3) is 5.91 Å². The molecule has 1 aromatic rings. The summed E-state index contributed by atoms with van der Waals surface area (Å²) in [6, 6.07) is 2.98. The number of aromatic amines is 1. The van der Waals surface area contributed by atoms with Crippen molar-refractivity contribution in [1.82, 2.24) is 9.88 Å². The van der Waals surface area contributed by atoms with Gasteiger partial charge in [-0.25, -0.2) is 0 Å². The van der Waals surface area contributed by atoms with Crippen molar-refractivity contribution >= 4 is 5.91 Å². The molecule has 5 heteroatoms. The summed E-state index contributed by atoms with van der Waals surface area (Å²) in [7, 11) is 0. The van der Waals surface area contributed by atoms with Crippen LogP contribution in [0.5, 0.6) is 0 Å². The van der Waals surface area contributed by atoms with Crippen molar-refractivity contribution in [2.45, 2.75) is 12.5 Å². The van der Waals surface area contributed by atoms with E-state index in [0.717, 1.165) is 6.42 Å². The van der Waals surface area contributed by atoms with E-state index in [0.29, 0.717) is 18.7 Å². The van der Waals surface area contributed by atoms with Crippen molar-refractivity contribution < 1.29 is 4.79 Å². The SMILES string of the molecule is N[C@H]1CCN(C(=O)c2cc[nH]c(=O)c2)C1. The number of rotatable bonds is 1. The minimum absolute atomic E-state index is 0.0657. The molecule has 0 spiro atoms. The first-order valence-corrected chi connectivity index (χ1v) is 4.90. The topological polar surface area (TPSA) is 79.2 Å². The van der Waals surface area contributed by atoms with Gasteiger partial charge in [-0.2, -0.15) is 0 Å². The Hall–Kier alpha value is -1.62. The lowest BCUT2D eigenvalue weighted by Crippen LogP contribution is -2.32. The number of nitrogens with one attached hydrogen (secondary N) is 1. The van der Waals surface area contributed by atoms with Gasteiger partial charge in [0.1, 0.15) is 0 Å². The second kappa shape index (κ2) is 3.86. The Kier molecular flexibility index (Phi) is 2.55. The predicted molar refractivity (Wildman–Crippen MR) is 55.6 cm³/mol. The molecule has 1 aliphatic rings. The zero-order valence-corrected chi connectivity index (χ0v) is 8.27. The van der Waals surface area contributed by atoms with E-state index in [1.165, 1.54) is 12.3 Å². The molecule has 1 amide bonds. The molecule has 15 heavy (non-hydrogen) atoms. The standard InChI is InChI=1S/C10H13N3O2/c11-8-2-4-13(6-8)10(15)7-1-3-12-9(14)5-7/h1,3,5,8H,2,4,6,11H2,(H,12,14)/t8-/m0/s1. The Morgan fingerprint density at radius 3 is 3.00 bits per heavy atom. The number of hydrogen-bond donors (Lipinski definition) is 2. The minimum atomic E-state index is -0.260. The molecule has 1 saturated heterocycles. The number of pyridine rings is 1. The molecule has 2 heterocycles. The normalized spacial score (nSPS) is 20.6. The predicted octanol–water partition coefficient (Wildman–Crippen LogP) is -0.452. The van der Waals surface area contributed by atoms with Crippen LogP contribution in [0.25, 0.3) is 0 Å². The summed E-state index contributed by atoms with van der Waals surface area (Å²) in [5, 5.41) is 0. The fraction of sp³-hybridized carbons (Fsp3) is 0.400. The van der Waals surface area contributed by atoms with Gasteiger partial charge in [0.2, 0.25) is 5.56 Å². The average molecular weight is 207 g/mol. The number of nitrogens with zero attached hydrogens (tertiary/aromatic N) is 1. The van der Waals surface area contributed by atoms with E-state index in [4.69, 9.17) is 5.73 Å². The maximum Gasteiger partial charge on any atom is 0.254 e. The smallest absolute Gasteiger partial charge is 0.254 e. The van der Waals surface area contributed by atoms with Crippen LogP contribution in [-0.2, 0) is 0 Å². The maximum absolute atomic E-state index is 11.9. The number of nitrogens with two attached hydrogens (primary N) is 1. The first kappa shape index (κ1) is 9.92. The van der Waals surface area contributed by atoms with Gasteiger partial charge in [-0.15, -0.1) is 0 Å². The Bertz CT molecular complexity index is 427. The largest absolute Gasteiger partial charge is 0.337 e. The second-order valence-corrected chi connectivity index (χ2v) is 3.74. The molecule has 2 rings (SSSR count). The molecule has 1 atom stereocenters. The highest BCUT2D eigenvalue weighted by Gasteiger charge is 2.24. The van der Waals surface area contributed by atoms with Crippen LogP contribution in [0.2, 0.25) is 0 Å². The third-order valence-electron chi connectivity index (χ3n) is 2.53. The summed E-state index contributed by atoms with van der Waals surface area (Å²) in [4.78, 5) is 27.0. The molecule has 1 aliphatic heterocycles. The number of amides is 1. The Balaban J connectivity index is 2.18. The van der Waals surface area contributed by atoms with Crippen LogP contribution >= 0.6 is 0 Å². The Labute approximate surface area is 86.9 Å². The molecule has 5 nitrogen and oxygen atoms in total. The summed E-state index contributed by atoms with van der Waals surface area (Å²) in [5.41, 5.74) is 5.87. The van der Waals surface area contributed by atoms with Crippen molar-refractivity contribution in [3.8, 4) is 0 Å². The molecule has 0 aromatic carbocycles. The first-order valence-electron chi connectivity index (χ1n) is 4.90. The van der Waals surface area contributed by atoms with Gasteiger partial charge >= 0.3 is 0 Å². The zero-order valence-electron chi connectivity index (χ0n) is 8.27. The summed E-state index contributed by atoms with van der Waals surface area (Å²) in [6.07, 6.45) is 2.31. The van der Waals surface area contributed by atoms with Gasteiger partial charge in [-0.3, -0.25) is 9.59 Å². The van der Waals surface area contributed by atoms with E-state index in [1.54, 1.807) is 11.0 Å². The lowest BCUT2D eigenvalue weighted by molar-refractivity contribution is 0.0790. The number of H-pyrrole nitrogens is 1. The lowest BCUT2D eigenvalue weighted by atomic mass is 10.2. The van der Waals surface area contributed by atoms with E-state index in [1.807, 2.05) is 0 Å². The van der Waals surface area contributed by atoms with Crippen LogP contribution in [0.15, 0.2) is 23.1 Å². The third-order valence-corrected chi connectivity index (χ3v) is 2.53. The van der Waals surface area contributed by atoms with E-state index in [9.17, 15) is 9.59 Å². The van der Waals surface area contributed by atoms with E-state index in [2.05, 4.69) is 4.98 Å². The van der Waals surface area contributed by atoms with Gasteiger partial charge in [0.05, 0.1) is 0 Å². The molecule has 0 aliphatic carbocycles. The fourth-order valence-electron chi connectivity index (χ4n) is 1.73. The zero-order chi connectivity index (χ0) is 10.8. The number of carbonyl (C=O) groups excluding carboxylic acids is 1. The molecule has 80 valence electrons. The molecular weight excluding hydrogens is 194 g/mol. The molecule has 3 N–H and O–H groups in total. The molecule has 0 saturated carbocycles. The monoisotopic (exact) mass is 207 g/mol. The van der Waals surface area contributed by atoms with Crippen LogP contribution in [0.4, 0.5) is 0 Å². The lowest BCUT2D eigenvalue weighted by Gasteiger charge is -2.15. The fourth-order valence-corrected chi connectivity index (χ4v) is 1.73. The quantitative estimate of drug-likeness (QED) is 0.654. The van der Waals surface area contributed by atoms with Gasteiger partial charge in [0, 0.05) is 37.0 Å². The van der Waals surface area contributed by atoms with Crippen LogP contribution in [0.3, 0.4) is 0 Å². The van der Waals surface area contributed by atoms with Gasteiger partial charge < -0.3 is 15.6 Å². The van der Waals surface area contributed by atoms with Crippen molar-refractivity contribution in [3.63, 3.8) is 0 Å². The van der Waals surface area contributed by atoms with Gasteiger partial charge in [0.15, 0.2) is 0 Å². The minimum Gasteiger partial charge on any atom is -0.337 e. The molecule has 1 aromatic heterocycles. The highest BCUT2D eigenvalue weighted by molar-refractivity contribution is 5.94. The number of hydrogen-bond acceptors (Lipinski definition) is 3. The van der Waals surface area contributed by atoms with Gasteiger partial charge in [-0.1, -0.05) is 0 Å². The molecule has 0 radical (unpaired) electrons. The highest BCUT2D eigenvalue weighted by atomic mass is 16.2. The first-order chi connectivity index (χ1) is 7.16. The average Bonchev–Trinajstić information content (AvgIpc) is 2.64. The summed E-state index contributed by atoms with van der Waals surface area (Å²) in [5.74, 6) is -0.117. The summed E-state index contributed by atoms with van der Waals surface area (Å²) in [6.45, 7) is 1.25. The molecular formula is C10H13N3O2. The van der Waals surface area contributed by atoms with E-state index in [-0.39, 0.29) is 17.5 Å². The van der Waals surface area contributed by atoms with Crippen molar-refractivity contribution in [1.29, 1.82) is 0 Å². The Morgan fingerprint density at radius 1 is 1.60 bits per heavy atom. The van der Waals surface area contributed by atoms with Crippen molar-refractivity contribution in [3.05, 3.63) is 34.2 Å². The van der Waals surface area contributed by atoms with Gasteiger partial charge in [-0.05, 0) is 12.5 Å². The van der Waals surface area contributed by atoms with Crippen LogP contribution in [-0.4, -0.2) is 34.9 Å². The number of likely N-dealkylation sites (tertiary alicyclic amines) is 1. The van der Waals surface area contributed by atoms with E-state index < -0.39 is 0 Å². The van der Waals surface area contributed by atoms with Crippen molar-refractivity contribution in [2.75, 3.05) is 13.1 Å². The molecule has 1 fully saturated rings. The maximum atomic E-state index is 11.9. The molecule has 0 unspecified atom stereocenters. The Morgan fingerprint density at radius 2 is 2.40 bits per heavy atom. The second-order valence-electron chi connectivity index (χ2n) is 3.74. The van der Waals surface area contributed by atoms with Crippen LogP contribution in [0, 0.1) is 0 Å². The van der Waals surface area contributed by atoms with Crippen LogP contribution in [0.1, 0.15) is 16.8 Å². The summed E-state index contributed by atoms with van der Waals surface area (Å²) < 4.78 is 0. The summed E-state index contributed by atoms with van der Waals surface area (Å²) >= 11 is 0. The molecule has 0 bridgehead atoms. The number of aromatic nitrogens is 1. The highest BCUT2D eigenvalue weighted by Crippen LogP contribution is 2.10. The van der Waals surface area contributed by atoms with Crippen LogP contribution < -0.4 is 11.3 Å². The van der Waals surface area contributed by atoms with E-state index >= 15 is 0 Å².